The Kier molecular flexibility index (Phi) is 6.37. The summed E-state index contributed by atoms with van der Waals surface area (Å²) in [6, 6.07) is 12.3. The highest BCUT2D eigenvalue weighted by atomic mass is 32.2. The van der Waals surface area contributed by atoms with Gasteiger partial charge in [0.2, 0.25) is 0 Å². The lowest BCUT2D eigenvalue weighted by Crippen LogP contribution is -2.26. The molecule has 2 aromatic carbocycles. The molecule has 7 nitrogen and oxygen atoms in total. The van der Waals surface area contributed by atoms with Gasteiger partial charge in [0.15, 0.2) is 0 Å². The smallest absolute Gasteiger partial charge is 0.261 e. The first kappa shape index (κ1) is 18.8. The predicted octanol–water partition coefficient (Wildman–Crippen LogP) is 1.87. The molecule has 0 fully saturated rings. The van der Waals surface area contributed by atoms with E-state index in [9.17, 15) is 13.2 Å². The second-order valence-corrected chi connectivity index (χ2v) is 6.79. The highest BCUT2D eigenvalue weighted by Crippen LogP contribution is 2.20. The molecule has 0 atom stereocenters. The first-order valence-corrected chi connectivity index (χ1v) is 8.98. The Morgan fingerprint density at radius 3 is 2.44 bits per heavy atom. The van der Waals surface area contributed by atoms with Crippen molar-refractivity contribution in [2.45, 2.75) is 4.90 Å². The average molecular weight is 364 g/mol. The molecule has 0 aliphatic heterocycles. The van der Waals surface area contributed by atoms with Gasteiger partial charge in [-0.15, -0.1) is 0 Å². The number of rotatable bonds is 8. The summed E-state index contributed by atoms with van der Waals surface area (Å²) in [6.45, 7) is 0.787. The molecule has 134 valence electrons. The van der Waals surface area contributed by atoms with Crippen molar-refractivity contribution in [3.8, 4) is 5.75 Å². The van der Waals surface area contributed by atoms with Crippen LogP contribution in [0.15, 0.2) is 53.4 Å². The standard InChI is InChI=1S/C17H20N2O5S/c1-23-11-10-18-17(20)13-6-8-16(9-7-13)25(21,22)19-14-4-3-5-15(12-14)24-2/h3-9,12,19H,10-11H2,1-2H3,(H,18,20). The van der Waals surface area contributed by atoms with E-state index in [4.69, 9.17) is 9.47 Å². The van der Waals surface area contributed by atoms with E-state index in [0.29, 0.717) is 30.2 Å². The minimum absolute atomic E-state index is 0.0590. The Morgan fingerprint density at radius 2 is 1.80 bits per heavy atom. The highest BCUT2D eigenvalue weighted by Gasteiger charge is 2.15. The maximum atomic E-state index is 12.4. The lowest BCUT2D eigenvalue weighted by atomic mass is 10.2. The Morgan fingerprint density at radius 1 is 1.08 bits per heavy atom. The van der Waals surface area contributed by atoms with E-state index in [-0.39, 0.29) is 10.8 Å². The van der Waals surface area contributed by atoms with Gasteiger partial charge in [0.1, 0.15) is 5.75 Å². The third kappa shape index (κ3) is 5.20. The van der Waals surface area contributed by atoms with Crippen molar-refractivity contribution in [3.63, 3.8) is 0 Å². The highest BCUT2D eigenvalue weighted by molar-refractivity contribution is 7.92. The van der Waals surface area contributed by atoms with Gasteiger partial charge in [-0.3, -0.25) is 9.52 Å². The molecular formula is C17H20N2O5S. The van der Waals surface area contributed by atoms with E-state index >= 15 is 0 Å². The molecule has 0 saturated carbocycles. The van der Waals surface area contributed by atoms with Crippen molar-refractivity contribution < 1.29 is 22.7 Å². The fourth-order valence-corrected chi connectivity index (χ4v) is 3.10. The van der Waals surface area contributed by atoms with Gasteiger partial charge in [0.25, 0.3) is 15.9 Å². The third-order valence-electron chi connectivity index (χ3n) is 3.34. The summed E-state index contributed by atoms with van der Waals surface area (Å²) in [5.41, 5.74) is 0.761. The molecule has 0 saturated heterocycles. The zero-order chi connectivity index (χ0) is 18.3. The number of sulfonamides is 1. The fourth-order valence-electron chi connectivity index (χ4n) is 2.05. The van der Waals surface area contributed by atoms with Crippen LogP contribution in [0.5, 0.6) is 5.75 Å². The zero-order valence-electron chi connectivity index (χ0n) is 14.0. The van der Waals surface area contributed by atoms with Crippen molar-refractivity contribution >= 4 is 21.6 Å². The molecule has 0 unspecified atom stereocenters. The molecule has 0 heterocycles. The number of carbonyl (C=O) groups is 1. The molecule has 2 rings (SSSR count). The van der Waals surface area contributed by atoms with Crippen LogP contribution >= 0.6 is 0 Å². The number of ether oxygens (including phenoxy) is 2. The van der Waals surface area contributed by atoms with E-state index in [1.807, 2.05) is 0 Å². The summed E-state index contributed by atoms with van der Waals surface area (Å²) in [5, 5.41) is 2.67. The predicted molar refractivity (Wildman–Crippen MR) is 94.5 cm³/mol. The molecule has 1 amide bonds. The second kappa shape index (κ2) is 8.50. The Hall–Kier alpha value is -2.58. The lowest BCUT2D eigenvalue weighted by Gasteiger charge is -2.10. The molecule has 0 spiro atoms. The van der Waals surface area contributed by atoms with Crippen LogP contribution in [0.1, 0.15) is 10.4 Å². The first-order valence-electron chi connectivity index (χ1n) is 7.50. The van der Waals surface area contributed by atoms with Gasteiger partial charge in [-0.25, -0.2) is 8.42 Å². The fraction of sp³-hybridized carbons (Fsp3) is 0.235. The van der Waals surface area contributed by atoms with Gasteiger partial charge in [-0.05, 0) is 36.4 Å². The topological polar surface area (TPSA) is 93.7 Å². The van der Waals surface area contributed by atoms with E-state index in [2.05, 4.69) is 10.0 Å². The van der Waals surface area contributed by atoms with Crippen LogP contribution in [-0.2, 0) is 14.8 Å². The number of amides is 1. The summed E-state index contributed by atoms with van der Waals surface area (Å²) < 4.78 is 37.2. The molecule has 0 bridgehead atoms. The van der Waals surface area contributed by atoms with Crippen molar-refractivity contribution in [1.29, 1.82) is 0 Å². The van der Waals surface area contributed by atoms with Gasteiger partial charge in [-0.1, -0.05) is 6.07 Å². The van der Waals surface area contributed by atoms with Crippen molar-refractivity contribution in [2.24, 2.45) is 0 Å². The molecule has 2 N–H and O–H groups in total. The van der Waals surface area contributed by atoms with Gasteiger partial charge >= 0.3 is 0 Å². The van der Waals surface area contributed by atoms with E-state index < -0.39 is 10.0 Å². The van der Waals surface area contributed by atoms with Crippen LogP contribution in [-0.4, -0.2) is 41.7 Å². The van der Waals surface area contributed by atoms with E-state index in [1.165, 1.54) is 31.4 Å². The third-order valence-corrected chi connectivity index (χ3v) is 4.74. The quantitative estimate of drug-likeness (QED) is 0.698. The number of hydrogen-bond donors (Lipinski definition) is 2. The normalized spacial score (nSPS) is 11.0. The van der Waals surface area contributed by atoms with Crippen LogP contribution in [0, 0.1) is 0 Å². The number of methoxy groups -OCH3 is 2. The molecule has 0 radical (unpaired) electrons. The minimum Gasteiger partial charge on any atom is -0.497 e. The number of hydrogen-bond acceptors (Lipinski definition) is 5. The number of carbonyl (C=O) groups excluding carboxylic acids is 1. The summed E-state index contributed by atoms with van der Waals surface area (Å²) in [5.74, 6) is 0.255. The van der Waals surface area contributed by atoms with Crippen LogP contribution in [0.25, 0.3) is 0 Å². The maximum Gasteiger partial charge on any atom is 0.261 e. The Bertz CT molecular complexity index is 819. The molecule has 8 heteroatoms. The SMILES string of the molecule is COCCNC(=O)c1ccc(S(=O)(=O)Nc2cccc(OC)c2)cc1. The minimum atomic E-state index is -3.76. The van der Waals surface area contributed by atoms with Gasteiger partial charge in [-0.2, -0.15) is 0 Å². The van der Waals surface area contributed by atoms with Gasteiger partial charge in [0, 0.05) is 25.3 Å². The van der Waals surface area contributed by atoms with Crippen molar-refractivity contribution in [1.82, 2.24) is 5.32 Å². The zero-order valence-corrected chi connectivity index (χ0v) is 14.8. The van der Waals surface area contributed by atoms with Crippen LogP contribution < -0.4 is 14.8 Å². The van der Waals surface area contributed by atoms with Crippen LogP contribution in [0.4, 0.5) is 5.69 Å². The van der Waals surface area contributed by atoms with Crippen LogP contribution in [0.2, 0.25) is 0 Å². The van der Waals surface area contributed by atoms with Gasteiger partial charge in [0.05, 0.1) is 24.3 Å². The van der Waals surface area contributed by atoms with Gasteiger partial charge < -0.3 is 14.8 Å². The largest absolute Gasteiger partial charge is 0.497 e. The van der Waals surface area contributed by atoms with Crippen molar-refractivity contribution in [2.75, 3.05) is 32.1 Å². The summed E-state index contributed by atoms with van der Waals surface area (Å²) >= 11 is 0. The lowest BCUT2D eigenvalue weighted by molar-refractivity contribution is 0.0937. The molecular weight excluding hydrogens is 344 g/mol. The van der Waals surface area contributed by atoms with E-state index in [1.54, 1.807) is 31.4 Å². The maximum absolute atomic E-state index is 12.4. The average Bonchev–Trinajstić information content (AvgIpc) is 2.61. The Labute approximate surface area is 147 Å². The summed E-state index contributed by atoms with van der Waals surface area (Å²) in [7, 11) is -0.712. The van der Waals surface area contributed by atoms with E-state index in [0.717, 1.165) is 0 Å². The number of benzene rings is 2. The first-order chi connectivity index (χ1) is 12.0. The number of nitrogens with one attached hydrogen (secondary N) is 2. The molecule has 2 aromatic rings. The molecule has 0 aliphatic rings. The molecule has 0 aromatic heterocycles. The van der Waals surface area contributed by atoms with Crippen molar-refractivity contribution in [3.05, 3.63) is 54.1 Å². The summed E-state index contributed by atoms with van der Waals surface area (Å²) in [4.78, 5) is 12.0. The number of anilines is 1. The summed E-state index contributed by atoms with van der Waals surface area (Å²) in [6.07, 6.45) is 0. The second-order valence-electron chi connectivity index (χ2n) is 5.11. The van der Waals surface area contributed by atoms with Crippen LogP contribution in [0.3, 0.4) is 0 Å². The Balaban J connectivity index is 2.10. The molecule has 25 heavy (non-hydrogen) atoms. The monoisotopic (exact) mass is 364 g/mol. The molecule has 0 aliphatic carbocycles.